The molecule has 2 amide bonds. The molecule has 2 heterocycles. The van der Waals surface area contributed by atoms with Crippen LogP contribution in [0.1, 0.15) is 33.1 Å². The van der Waals surface area contributed by atoms with Gasteiger partial charge in [0.1, 0.15) is 17.5 Å². The third kappa shape index (κ3) is 5.70. The summed E-state index contributed by atoms with van der Waals surface area (Å²) in [6, 6.07) is 7.32. The van der Waals surface area contributed by atoms with Crippen molar-refractivity contribution in [2.45, 2.75) is 63.9 Å². The van der Waals surface area contributed by atoms with Gasteiger partial charge in [0, 0.05) is 18.2 Å². The van der Waals surface area contributed by atoms with E-state index < -0.39 is 6.10 Å². The summed E-state index contributed by atoms with van der Waals surface area (Å²) in [5, 5.41) is 23.9. The van der Waals surface area contributed by atoms with Crippen molar-refractivity contribution < 1.29 is 19.4 Å². The molecule has 1 aromatic heterocycles. The lowest BCUT2D eigenvalue weighted by Crippen LogP contribution is -2.54. The van der Waals surface area contributed by atoms with E-state index in [0.717, 1.165) is 36.3 Å². The first-order valence-corrected chi connectivity index (χ1v) is 10.4. The van der Waals surface area contributed by atoms with Crippen LogP contribution in [-0.2, 0) is 11.3 Å². The Balaban J connectivity index is 1.52. The molecule has 3 atom stereocenters. The van der Waals surface area contributed by atoms with Crippen molar-refractivity contribution >= 4 is 6.03 Å². The average molecular weight is 418 g/mol. The minimum absolute atomic E-state index is 0.00716. The average Bonchev–Trinajstić information content (AvgIpc) is 3.21. The second kappa shape index (κ2) is 10.4. The van der Waals surface area contributed by atoms with Gasteiger partial charge in [-0.05, 0) is 45.2 Å². The van der Waals surface area contributed by atoms with Gasteiger partial charge in [-0.1, -0.05) is 17.3 Å². The van der Waals surface area contributed by atoms with E-state index in [1.807, 2.05) is 44.3 Å². The SMILES string of the molecule is COc1ccccc1-c1cn(CC[C@H]2CC[C@H](NC(=O)NC(C)C)[C@@H](CO)O2)nn1. The molecule has 1 fully saturated rings. The number of ether oxygens (including phenoxy) is 2. The molecule has 1 aliphatic rings. The second-order valence-corrected chi connectivity index (χ2v) is 7.79. The Bertz CT molecular complexity index is 825. The Morgan fingerprint density at radius 2 is 2.17 bits per heavy atom. The maximum atomic E-state index is 12.0. The predicted molar refractivity (Wildman–Crippen MR) is 112 cm³/mol. The number of nitrogens with one attached hydrogen (secondary N) is 2. The van der Waals surface area contributed by atoms with Gasteiger partial charge in [-0.3, -0.25) is 4.68 Å². The molecule has 3 N–H and O–H groups in total. The molecule has 0 radical (unpaired) electrons. The van der Waals surface area contributed by atoms with E-state index in [2.05, 4.69) is 20.9 Å². The quantitative estimate of drug-likeness (QED) is 0.606. The summed E-state index contributed by atoms with van der Waals surface area (Å²) in [4.78, 5) is 12.0. The number of urea groups is 1. The Morgan fingerprint density at radius 1 is 1.37 bits per heavy atom. The van der Waals surface area contributed by atoms with Crippen molar-refractivity contribution in [3.05, 3.63) is 30.5 Å². The van der Waals surface area contributed by atoms with E-state index >= 15 is 0 Å². The third-order valence-corrected chi connectivity index (χ3v) is 5.13. The van der Waals surface area contributed by atoms with Crippen LogP contribution in [0.5, 0.6) is 5.75 Å². The number of carbonyl (C=O) groups is 1. The number of rotatable bonds is 8. The maximum absolute atomic E-state index is 12.0. The van der Waals surface area contributed by atoms with Crippen LogP contribution < -0.4 is 15.4 Å². The van der Waals surface area contributed by atoms with Crippen LogP contribution in [-0.4, -0.2) is 64.1 Å². The summed E-state index contributed by atoms with van der Waals surface area (Å²) in [6.45, 7) is 4.32. The Morgan fingerprint density at radius 3 is 2.90 bits per heavy atom. The van der Waals surface area contributed by atoms with Crippen molar-refractivity contribution in [2.75, 3.05) is 13.7 Å². The molecule has 0 saturated carbocycles. The molecule has 0 spiro atoms. The predicted octanol–water partition coefficient (Wildman–Crippen LogP) is 1.96. The fraction of sp³-hybridized carbons (Fsp3) is 0.571. The minimum atomic E-state index is -0.415. The zero-order chi connectivity index (χ0) is 21.5. The Kier molecular flexibility index (Phi) is 7.64. The van der Waals surface area contributed by atoms with Gasteiger partial charge < -0.3 is 25.2 Å². The molecular formula is C21H31N5O4. The van der Waals surface area contributed by atoms with Gasteiger partial charge in [-0.15, -0.1) is 5.10 Å². The molecule has 0 unspecified atom stereocenters. The molecule has 3 rings (SSSR count). The standard InChI is InChI=1S/C21H31N5O4/c1-14(2)22-21(28)23-17-9-8-15(30-20(17)13-27)10-11-26-12-18(24-25-26)16-6-4-5-7-19(16)29-3/h4-7,12,14-15,17,20,27H,8-11,13H2,1-3H3,(H2,22,23,28)/t15-,17+,20-/m1/s1. The highest BCUT2D eigenvalue weighted by Crippen LogP contribution is 2.28. The third-order valence-electron chi connectivity index (χ3n) is 5.13. The minimum Gasteiger partial charge on any atom is -0.496 e. The summed E-state index contributed by atoms with van der Waals surface area (Å²) in [5.74, 6) is 0.756. The number of carbonyl (C=O) groups excluding carboxylic acids is 1. The fourth-order valence-corrected chi connectivity index (χ4v) is 3.65. The van der Waals surface area contributed by atoms with Crippen LogP contribution in [0, 0.1) is 0 Å². The number of aromatic nitrogens is 3. The van der Waals surface area contributed by atoms with Crippen LogP contribution in [0.4, 0.5) is 4.79 Å². The molecule has 9 heteroatoms. The van der Waals surface area contributed by atoms with Crippen molar-refractivity contribution in [2.24, 2.45) is 0 Å². The number of aryl methyl sites for hydroxylation is 1. The van der Waals surface area contributed by atoms with E-state index in [1.54, 1.807) is 11.8 Å². The van der Waals surface area contributed by atoms with Crippen LogP contribution in [0.25, 0.3) is 11.3 Å². The largest absolute Gasteiger partial charge is 0.496 e. The van der Waals surface area contributed by atoms with Gasteiger partial charge in [0.05, 0.1) is 32.1 Å². The highest BCUT2D eigenvalue weighted by molar-refractivity contribution is 5.74. The summed E-state index contributed by atoms with van der Waals surface area (Å²) in [6.07, 6.45) is 3.78. The van der Waals surface area contributed by atoms with Gasteiger partial charge in [-0.25, -0.2) is 4.79 Å². The summed E-state index contributed by atoms with van der Waals surface area (Å²) < 4.78 is 13.2. The summed E-state index contributed by atoms with van der Waals surface area (Å²) in [5.41, 5.74) is 1.65. The van der Waals surface area contributed by atoms with Crippen LogP contribution in [0.3, 0.4) is 0 Å². The molecule has 1 saturated heterocycles. The number of methoxy groups -OCH3 is 1. The Labute approximate surface area is 176 Å². The smallest absolute Gasteiger partial charge is 0.315 e. The molecular weight excluding hydrogens is 386 g/mol. The number of nitrogens with zero attached hydrogens (tertiary/aromatic N) is 3. The van der Waals surface area contributed by atoms with E-state index in [1.165, 1.54) is 0 Å². The van der Waals surface area contributed by atoms with Crippen molar-refractivity contribution in [1.29, 1.82) is 0 Å². The first-order valence-electron chi connectivity index (χ1n) is 10.4. The normalized spacial score (nSPS) is 21.4. The van der Waals surface area contributed by atoms with E-state index in [9.17, 15) is 9.90 Å². The number of para-hydroxylation sites is 1. The van der Waals surface area contributed by atoms with Crippen LogP contribution >= 0.6 is 0 Å². The second-order valence-electron chi connectivity index (χ2n) is 7.79. The number of aliphatic hydroxyl groups is 1. The van der Waals surface area contributed by atoms with Gasteiger partial charge in [-0.2, -0.15) is 0 Å². The van der Waals surface area contributed by atoms with Crippen molar-refractivity contribution in [1.82, 2.24) is 25.6 Å². The highest BCUT2D eigenvalue weighted by Gasteiger charge is 2.31. The van der Waals surface area contributed by atoms with E-state index in [-0.39, 0.29) is 30.8 Å². The van der Waals surface area contributed by atoms with E-state index in [0.29, 0.717) is 6.54 Å². The van der Waals surface area contributed by atoms with Crippen LogP contribution in [0.2, 0.25) is 0 Å². The summed E-state index contributed by atoms with van der Waals surface area (Å²) >= 11 is 0. The molecule has 2 aromatic rings. The first-order chi connectivity index (χ1) is 14.5. The van der Waals surface area contributed by atoms with E-state index in [4.69, 9.17) is 9.47 Å². The summed E-state index contributed by atoms with van der Waals surface area (Å²) in [7, 11) is 1.63. The zero-order valence-electron chi connectivity index (χ0n) is 17.7. The zero-order valence-corrected chi connectivity index (χ0v) is 17.7. The number of hydrogen-bond acceptors (Lipinski definition) is 6. The molecule has 1 aliphatic heterocycles. The molecule has 0 bridgehead atoms. The Hall–Kier alpha value is -2.65. The van der Waals surface area contributed by atoms with Gasteiger partial charge in [0.15, 0.2) is 0 Å². The van der Waals surface area contributed by atoms with Crippen molar-refractivity contribution in [3.8, 4) is 17.0 Å². The lowest BCUT2D eigenvalue weighted by molar-refractivity contribution is -0.0908. The van der Waals surface area contributed by atoms with Gasteiger partial charge in [0.25, 0.3) is 0 Å². The highest BCUT2D eigenvalue weighted by atomic mass is 16.5. The first kappa shape index (κ1) is 22.0. The van der Waals surface area contributed by atoms with Gasteiger partial charge in [0.2, 0.25) is 0 Å². The van der Waals surface area contributed by atoms with Crippen molar-refractivity contribution in [3.63, 3.8) is 0 Å². The lowest BCUT2D eigenvalue weighted by atomic mass is 9.97. The topological polar surface area (TPSA) is 111 Å². The molecule has 9 nitrogen and oxygen atoms in total. The molecule has 30 heavy (non-hydrogen) atoms. The molecule has 0 aliphatic carbocycles. The fourth-order valence-electron chi connectivity index (χ4n) is 3.65. The number of benzene rings is 1. The number of amides is 2. The molecule has 164 valence electrons. The lowest BCUT2D eigenvalue weighted by Gasteiger charge is -2.36. The van der Waals surface area contributed by atoms with Gasteiger partial charge >= 0.3 is 6.03 Å². The monoisotopic (exact) mass is 417 g/mol. The number of hydrogen-bond donors (Lipinski definition) is 3. The maximum Gasteiger partial charge on any atom is 0.315 e. The van der Waals surface area contributed by atoms with Crippen LogP contribution in [0.15, 0.2) is 30.5 Å². The molecule has 1 aromatic carbocycles. The number of aliphatic hydroxyl groups excluding tert-OH is 1.